The molecule has 0 aromatic heterocycles. The zero-order chi connectivity index (χ0) is 11.9. The van der Waals surface area contributed by atoms with E-state index in [1.807, 2.05) is 19.1 Å². The summed E-state index contributed by atoms with van der Waals surface area (Å²) in [5.74, 6) is 0.948. The van der Waals surface area contributed by atoms with Gasteiger partial charge in [0, 0.05) is 23.0 Å². The van der Waals surface area contributed by atoms with E-state index in [1.54, 1.807) is 0 Å². The lowest BCUT2D eigenvalue weighted by molar-refractivity contribution is 0.110. The topological polar surface area (TPSA) is 35.2 Å². The first-order valence-electron chi connectivity index (χ1n) is 5.72. The van der Waals surface area contributed by atoms with Gasteiger partial charge in [-0.25, -0.2) is 0 Å². The van der Waals surface area contributed by atoms with E-state index >= 15 is 0 Å². The Morgan fingerprint density at radius 1 is 1.56 bits per heavy atom. The Hall–Kier alpha value is -0.730. The zero-order valence-electron chi connectivity index (χ0n) is 10.0. The molecule has 3 heteroatoms. The van der Waals surface area contributed by atoms with Crippen LogP contribution in [0.25, 0.3) is 0 Å². The molecule has 1 aliphatic rings. The molecule has 2 nitrogen and oxygen atoms in total. The number of hydrogen-bond acceptors (Lipinski definition) is 2. The normalized spacial score (nSPS) is 25.1. The highest BCUT2D eigenvalue weighted by molar-refractivity contribution is 6.30. The van der Waals surface area contributed by atoms with Gasteiger partial charge < -0.3 is 10.5 Å². The summed E-state index contributed by atoms with van der Waals surface area (Å²) in [4.78, 5) is 0. The highest BCUT2D eigenvalue weighted by Crippen LogP contribution is 2.42. The van der Waals surface area contributed by atoms with E-state index in [-0.39, 0.29) is 11.6 Å². The minimum absolute atomic E-state index is 0.0494. The minimum Gasteiger partial charge on any atom is -0.487 e. The maximum absolute atomic E-state index is 6.10. The quantitative estimate of drug-likeness (QED) is 0.858. The van der Waals surface area contributed by atoms with Gasteiger partial charge in [0.25, 0.3) is 0 Å². The van der Waals surface area contributed by atoms with Crippen LogP contribution in [0.4, 0.5) is 0 Å². The summed E-state index contributed by atoms with van der Waals surface area (Å²) >= 11 is 6.10. The molecule has 0 spiro atoms. The number of halogens is 1. The number of fused-ring (bicyclic) bond motifs is 1. The van der Waals surface area contributed by atoms with Crippen LogP contribution >= 0.6 is 11.6 Å². The molecule has 0 amide bonds. The summed E-state index contributed by atoms with van der Waals surface area (Å²) in [6, 6.07) is 3.85. The van der Waals surface area contributed by atoms with Crippen LogP contribution in [-0.2, 0) is 6.42 Å². The van der Waals surface area contributed by atoms with Crippen molar-refractivity contribution in [2.75, 3.05) is 0 Å². The van der Waals surface area contributed by atoms with Crippen LogP contribution in [0.1, 0.15) is 44.4 Å². The lowest BCUT2D eigenvalue weighted by atomic mass is 9.95. The molecular formula is C13H18ClNO. The van der Waals surface area contributed by atoms with Crippen LogP contribution in [0.3, 0.4) is 0 Å². The molecule has 0 bridgehead atoms. The molecule has 0 saturated heterocycles. The van der Waals surface area contributed by atoms with Gasteiger partial charge in [0.05, 0.1) is 0 Å². The van der Waals surface area contributed by atoms with Gasteiger partial charge in [-0.15, -0.1) is 0 Å². The summed E-state index contributed by atoms with van der Waals surface area (Å²) in [7, 11) is 0. The summed E-state index contributed by atoms with van der Waals surface area (Å²) in [6.07, 6.45) is 1.90. The second-order valence-electron chi connectivity index (χ2n) is 4.85. The predicted molar refractivity (Wildman–Crippen MR) is 67.1 cm³/mol. The maximum atomic E-state index is 6.10. The van der Waals surface area contributed by atoms with Crippen LogP contribution in [0.5, 0.6) is 5.75 Å². The van der Waals surface area contributed by atoms with Crippen molar-refractivity contribution in [2.45, 2.75) is 45.3 Å². The highest BCUT2D eigenvalue weighted by atomic mass is 35.5. The first-order chi connectivity index (χ1) is 7.45. The molecule has 0 saturated carbocycles. The standard InChI is InChI=1S/C13H18ClNO/c1-4-13(3)7-9-5-10(14)6-11(8(2)15)12(9)16-13/h5-6,8H,4,7,15H2,1-3H3/t8-,13?/m1/s1. The molecule has 1 aromatic carbocycles. The minimum atomic E-state index is -0.101. The maximum Gasteiger partial charge on any atom is 0.128 e. The van der Waals surface area contributed by atoms with Crippen molar-refractivity contribution >= 4 is 11.6 Å². The van der Waals surface area contributed by atoms with Crippen molar-refractivity contribution in [3.63, 3.8) is 0 Å². The van der Waals surface area contributed by atoms with Gasteiger partial charge in [0.15, 0.2) is 0 Å². The third kappa shape index (κ3) is 1.92. The van der Waals surface area contributed by atoms with Gasteiger partial charge in [0.2, 0.25) is 0 Å². The molecule has 1 unspecified atom stereocenters. The molecule has 0 fully saturated rings. The van der Waals surface area contributed by atoms with Gasteiger partial charge >= 0.3 is 0 Å². The molecule has 16 heavy (non-hydrogen) atoms. The zero-order valence-corrected chi connectivity index (χ0v) is 10.8. The van der Waals surface area contributed by atoms with Gasteiger partial charge in [-0.05, 0) is 38.0 Å². The molecule has 0 radical (unpaired) electrons. The van der Waals surface area contributed by atoms with Crippen LogP contribution < -0.4 is 10.5 Å². The summed E-state index contributed by atoms with van der Waals surface area (Å²) in [5.41, 5.74) is 8.04. The van der Waals surface area contributed by atoms with Crippen LogP contribution in [-0.4, -0.2) is 5.60 Å². The van der Waals surface area contributed by atoms with Crippen molar-refractivity contribution in [3.8, 4) is 5.75 Å². The van der Waals surface area contributed by atoms with E-state index in [9.17, 15) is 0 Å². The highest BCUT2D eigenvalue weighted by Gasteiger charge is 2.35. The van der Waals surface area contributed by atoms with E-state index in [0.717, 1.165) is 29.2 Å². The van der Waals surface area contributed by atoms with Crippen LogP contribution in [0, 0.1) is 0 Å². The van der Waals surface area contributed by atoms with Gasteiger partial charge in [0.1, 0.15) is 11.4 Å². The number of benzene rings is 1. The summed E-state index contributed by atoms with van der Waals surface area (Å²) in [6.45, 7) is 6.22. The Labute approximate surface area is 102 Å². The van der Waals surface area contributed by atoms with Crippen molar-refractivity contribution in [2.24, 2.45) is 5.73 Å². The number of rotatable bonds is 2. The fourth-order valence-electron chi connectivity index (χ4n) is 2.15. The van der Waals surface area contributed by atoms with Crippen molar-refractivity contribution in [1.29, 1.82) is 0 Å². The van der Waals surface area contributed by atoms with Gasteiger partial charge in [-0.2, -0.15) is 0 Å². The average Bonchev–Trinajstić information content (AvgIpc) is 2.54. The molecule has 2 N–H and O–H groups in total. The fraction of sp³-hybridized carbons (Fsp3) is 0.538. The Bertz CT molecular complexity index is 417. The molecule has 1 aromatic rings. The van der Waals surface area contributed by atoms with E-state index in [1.165, 1.54) is 5.56 Å². The molecule has 88 valence electrons. The molecule has 0 aliphatic carbocycles. The number of hydrogen-bond donors (Lipinski definition) is 1. The lowest BCUT2D eigenvalue weighted by Gasteiger charge is -2.22. The first-order valence-corrected chi connectivity index (χ1v) is 6.10. The van der Waals surface area contributed by atoms with Crippen molar-refractivity contribution in [3.05, 3.63) is 28.3 Å². The van der Waals surface area contributed by atoms with E-state index < -0.39 is 0 Å². The monoisotopic (exact) mass is 239 g/mol. The Morgan fingerprint density at radius 2 is 2.25 bits per heavy atom. The Kier molecular flexibility index (Phi) is 2.89. The second kappa shape index (κ2) is 3.94. The molecular weight excluding hydrogens is 222 g/mol. The summed E-state index contributed by atoms with van der Waals surface area (Å²) < 4.78 is 6.05. The predicted octanol–water partition coefficient (Wildman–Crippen LogP) is 3.46. The first kappa shape index (κ1) is 11.7. The number of ether oxygens (including phenoxy) is 1. The number of nitrogens with two attached hydrogens (primary N) is 1. The van der Waals surface area contributed by atoms with Gasteiger partial charge in [-0.3, -0.25) is 0 Å². The van der Waals surface area contributed by atoms with Crippen LogP contribution in [0.15, 0.2) is 12.1 Å². The van der Waals surface area contributed by atoms with Gasteiger partial charge in [-0.1, -0.05) is 18.5 Å². The molecule has 1 heterocycles. The van der Waals surface area contributed by atoms with Crippen molar-refractivity contribution < 1.29 is 4.74 Å². The molecule has 1 aliphatic heterocycles. The Morgan fingerprint density at radius 3 is 2.81 bits per heavy atom. The van der Waals surface area contributed by atoms with Crippen LogP contribution in [0.2, 0.25) is 5.02 Å². The average molecular weight is 240 g/mol. The molecule has 2 atom stereocenters. The SMILES string of the molecule is CCC1(C)Cc2cc(Cl)cc([C@@H](C)N)c2O1. The van der Waals surface area contributed by atoms with Crippen molar-refractivity contribution in [1.82, 2.24) is 0 Å². The third-order valence-corrected chi connectivity index (χ3v) is 3.53. The fourth-order valence-corrected chi connectivity index (χ4v) is 2.40. The largest absolute Gasteiger partial charge is 0.487 e. The lowest BCUT2D eigenvalue weighted by Crippen LogP contribution is -2.29. The third-order valence-electron chi connectivity index (χ3n) is 3.31. The Balaban J connectivity index is 2.48. The second-order valence-corrected chi connectivity index (χ2v) is 5.29. The smallest absolute Gasteiger partial charge is 0.128 e. The van der Waals surface area contributed by atoms with E-state index in [2.05, 4.69) is 13.8 Å². The van der Waals surface area contributed by atoms with E-state index in [4.69, 9.17) is 22.1 Å². The molecule has 2 rings (SSSR count). The summed E-state index contributed by atoms with van der Waals surface area (Å²) in [5, 5.41) is 0.745. The van der Waals surface area contributed by atoms with E-state index in [0.29, 0.717) is 0 Å².